The summed E-state index contributed by atoms with van der Waals surface area (Å²) in [6.45, 7) is 8.96. The predicted molar refractivity (Wildman–Crippen MR) is 105 cm³/mol. The molecule has 0 bridgehead atoms. The maximum atomic E-state index is 5.69. The highest BCUT2D eigenvalue weighted by Crippen LogP contribution is 2.25. The third-order valence-electron chi connectivity index (χ3n) is 3.98. The number of rotatable bonds is 6. The molecule has 136 valence electrons. The number of aromatic nitrogens is 2. The lowest BCUT2D eigenvalue weighted by molar-refractivity contribution is 0.252. The van der Waals surface area contributed by atoms with Crippen LogP contribution >= 0.6 is 11.8 Å². The molecular weight excluding hydrogens is 344 g/mol. The van der Waals surface area contributed by atoms with Crippen molar-refractivity contribution in [2.24, 2.45) is 0 Å². The van der Waals surface area contributed by atoms with Crippen LogP contribution in [0.4, 0.5) is 0 Å². The summed E-state index contributed by atoms with van der Waals surface area (Å²) in [5, 5.41) is 8.70. The van der Waals surface area contributed by atoms with Crippen LogP contribution in [0.5, 0.6) is 5.75 Å². The van der Waals surface area contributed by atoms with Crippen molar-refractivity contribution in [2.45, 2.75) is 50.7 Å². The lowest BCUT2D eigenvalue weighted by Gasteiger charge is -2.19. The van der Waals surface area contributed by atoms with Crippen LogP contribution in [0.1, 0.15) is 43.4 Å². The van der Waals surface area contributed by atoms with E-state index in [1.54, 1.807) is 0 Å². The van der Waals surface area contributed by atoms with E-state index in [1.165, 1.54) is 22.9 Å². The van der Waals surface area contributed by atoms with Gasteiger partial charge in [-0.15, -0.1) is 10.2 Å². The summed E-state index contributed by atoms with van der Waals surface area (Å²) < 4.78 is 11.3. The minimum absolute atomic E-state index is 0.171. The third-order valence-corrected chi connectivity index (χ3v) is 4.87. The average Bonchev–Trinajstić information content (AvgIpc) is 3.06. The zero-order valence-corrected chi connectivity index (χ0v) is 16.5. The predicted octanol–water partition coefficient (Wildman–Crippen LogP) is 5.55. The number of nitrogens with zero attached hydrogens (tertiary/aromatic N) is 2. The Morgan fingerprint density at radius 3 is 2.50 bits per heavy atom. The van der Waals surface area contributed by atoms with E-state index in [0.29, 0.717) is 11.1 Å². The van der Waals surface area contributed by atoms with E-state index in [1.807, 2.05) is 31.2 Å². The number of hydrogen-bond donors (Lipinski definition) is 0. The van der Waals surface area contributed by atoms with E-state index in [0.717, 1.165) is 17.1 Å². The van der Waals surface area contributed by atoms with E-state index in [2.05, 4.69) is 55.2 Å². The lowest BCUT2D eigenvalue weighted by Crippen LogP contribution is -2.10. The molecule has 0 aliphatic rings. The van der Waals surface area contributed by atoms with Crippen molar-refractivity contribution in [1.82, 2.24) is 10.2 Å². The lowest BCUT2D eigenvalue weighted by atomic mass is 9.87. The van der Waals surface area contributed by atoms with Crippen LogP contribution in [0.3, 0.4) is 0 Å². The van der Waals surface area contributed by atoms with Gasteiger partial charge in [0.25, 0.3) is 11.1 Å². The summed E-state index contributed by atoms with van der Waals surface area (Å²) in [4.78, 5) is 0. The molecule has 0 aliphatic carbocycles. The van der Waals surface area contributed by atoms with Crippen molar-refractivity contribution < 1.29 is 9.15 Å². The summed E-state index contributed by atoms with van der Waals surface area (Å²) in [5.41, 5.74) is 3.89. The molecule has 0 amide bonds. The van der Waals surface area contributed by atoms with Crippen molar-refractivity contribution in [3.8, 4) is 5.75 Å². The van der Waals surface area contributed by atoms with Crippen LogP contribution in [0.25, 0.3) is 0 Å². The van der Waals surface area contributed by atoms with E-state index in [4.69, 9.17) is 9.15 Å². The van der Waals surface area contributed by atoms with Gasteiger partial charge in [-0.1, -0.05) is 68.9 Å². The maximum Gasteiger partial charge on any atom is 0.277 e. The largest absolute Gasteiger partial charge is 0.484 e. The Kier molecular flexibility index (Phi) is 5.67. The molecule has 0 spiro atoms. The second-order valence-corrected chi connectivity index (χ2v) is 8.23. The number of benzene rings is 2. The minimum Gasteiger partial charge on any atom is -0.484 e. The van der Waals surface area contributed by atoms with Gasteiger partial charge in [0.1, 0.15) is 5.75 Å². The van der Waals surface area contributed by atoms with E-state index < -0.39 is 0 Å². The second-order valence-electron chi connectivity index (χ2n) is 7.30. The van der Waals surface area contributed by atoms with Crippen LogP contribution in [-0.2, 0) is 17.8 Å². The summed E-state index contributed by atoms with van der Waals surface area (Å²) in [7, 11) is 0. The molecule has 2 aromatic carbocycles. The van der Waals surface area contributed by atoms with Crippen molar-refractivity contribution in [1.29, 1.82) is 0 Å². The molecule has 0 fully saturated rings. The summed E-state index contributed by atoms with van der Waals surface area (Å²) >= 11 is 1.54. The molecule has 0 N–H and O–H groups in total. The van der Waals surface area contributed by atoms with Gasteiger partial charge in [-0.25, -0.2) is 0 Å². The third kappa shape index (κ3) is 5.11. The standard InChI is InChI=1S/C21H24N2O2S/c1-15-6-5-7-18(12-15)24-13-19-22-23-20(25-19)26-14-16-8-10-17(11-9-16)21(2,3)4/h5-12H,13-14H2,1-4H3. The van der Waals surface area contributed by atoms with Crippen molar-refractivity contribution in [3.05, 3.63) is 71.1 Å². The first-order valence-corrected chi connectivity index (χ1v) is 9.63. The molecule has 0 atom stereocenters. The second kappa shape index (κ2) is 7.96. The molecule has 5 heteroatoms. The van der Waals surface area contributed by atoms with Gasteiger partial charge in [0, 0.05) is 5.75 Å². The first-order chi connectivity index (χ1) is 12.4. The molecule has 0 saturated carbocycles. The molecule has 0 radical (unpaired) electrons. The molecule has 4 nitrogen and oxygen atoms in total. The molecular formula is C21H24N2O2S. The maximum absolute atomic E-state index is 5.69. The quantitative estimate of drug-likeness (QED) is 0.534. The Labute approximate surface area is 159 Å². The summed E-state index contributed by atoms with van der Waals surface area (Å²) in [6.07, 6.45) is 0. The van der Waals surface area contributed by atoms with Crippen LogP contribution < -0.4 is 4.74 Å². The molecule has 3 aromatic rings. The van der Waals surface area contributed by atoms with E-state index in [9.17, 15) is 0 Å². The molecule has 0 unspecified atom stereocenters. The Morgan fingerprint density at radius 2 is 1.81 bits per heavy atom. The van der Waals surface area contributed by atoms with Gasteiger partial charge < -0.3 is 9.15 Å². The van der Waals surface area contributed by atoms with Gasteiger partial charge in [-0.05, 0) is 41.2 Å². The van der Waals surface area contributed by atoms with E-state index >= 15 is 0 Å². The summed E-state index contributed by atoms with van der Waals surface area (Å²) in [6, 6.07) is 16.6. The van der Waals surface area contributed by atoms with Gasteiger partial charge in [0.2, 0.25) is 0 Å². The van der Waals surface area contributed by atoms with Gasteiger partial charge in [0.15, 0.2) is 6.61 Å². The molecule has 1 aromatic heterocycles. The van der Waals surface area contributed by atoms with Gasteiger partial charge >= 0.3 is 0 Å². The number of aryl methyl sites for hydroxylation is 1. The zero-order chi connectivity index (χ0) is 18.6. The zero-order valence-electron chi connectivity index (χ0n) is 15.7. The minimum atomic E-state index is 0.171. The van der Waals surface area contributed by atoms with Crippen LogP contribution in [-0.4, -0.2) is 10.2 Å². The number of ether oxygens (including phenoxy) is 1. The topological polar surface area (TPSA) is 48.2 Å². The highest BCUT2D eigenvalue weighted by atomic mass is 32.2. The highest BCUT2D eigenvalue weighted by Gasteiger charge is 2.13. The molecule has 26 heavy (non-hydrogen) atoms. The normalized spacial score (nSPS) is 11.5. The highest BCUT2D eigenvalue weighted by molar-refractivity contribution is 7.98. The first-order valence-electron chi connectivity index (χ1n) is 8.64. The van der Waals surface area contributed by atoms with Crippen molar-refractivity contribution >= 4 is 11.8 Å². The van der Waals surface area contributed by atoms with E-state index in [-0.39, 0.29) is 12.0 Å². The van der Waals surface area contributed by atoms with Gasteiger partial charge in [-0.2, -0.15) is 0 Å². The fourth-order valence-electron chi connectivity index (χ4n) is 2.45. The first kappa shape index (κ1) is 18.5. The number of thioether (sulfide) groups is 1. The number of hydrogen-bond acceptors (Lipinski definition) is 5. The fourth-order valence-corrected chi connectivity index (χ4v) is 3.19. The Bertz CT molecular complexity index is 851. The molecule has 0 aliphatic heterocycles. The van der Waals surface area contributed by atoms with Crippen molar-refractivity contribution in [2.75, 3.05) is 0 Å². The molecule has 1 heterocycles. The van der Waals surface area contributed by atoms with Crippen LogP contribution in [0.15, 0.2) is 58.2 Å². The average molecular weight is 369 g/mol. The summed E-state index contributed by atoms with van der Waals surface area (Å²) in [5.74, 6) is 2.08. The van der Waals surface area contributed by atoms with Crippen LogP contribution in [0, 0.1) is 6.92 Å². The molecule has 3 rings (SSSR count). The SMILES string of the molecule is Cc1cccc(OCc2nnc(SCc3ccc(C(C)(C)C)cc3)o2)c1. The Balaban J connectivity index is 1.52. The van der Waals surface area contributed by atoms with Gasteiger partial charge in [-0.3, -0.25) is 0 Å². The van der Waals surface area contributed by atoms with Crippen LogP contribution in [0.2, 0.25) is 0 Å². The smallest absolute Gasteiger partial charge is 0.277 e. The van der Waals surface area contributed by atoms with Gasteiger partial charge in [0.05, 0.1) is 0 Å². The monoisotopic (exact) mass is 368 g/mol. The van der Waals surface area contributed by atoms with Crippen molar-refractivity contribution in [3.63, 3.8) is 0 Å². The Hall–Kier alpha value is -2.27. The fraction of sp³-hybridized carbons (Fsp3) is 0.333. The Morgan fingerprint density at radius 1 is 1.04 bits per heavy atom. The molecule has 0 saturated heterocycles.